The second-order valence-corrected chi connectivity index (χ2v) is 9.70. The number of aryl methyl sites for hydroxylation is 1. The summed E-state index contributed by atoms with van der Waals surface area (Å²) in [5.74, 6) is 0.631. The third kappa shape index (κ3) is 5.45. The van der Waals surface area contributed by atoms with E-state index in [1.807, 2.05) is 6.92 Å². The molecule has 1 N–H and O–H groups in total. The summed E-state index contributed by atoms with van der Waals surface area (Å²) < 4.78 is 2.05. The van der Waals surface area contributed by atoms with Gasteiger partial charge in [-0.3, -0.25) is 14.2 Å². The summed E-state index contributed by atoms with van der Waals surface area (Å²) >= 11 is 1.38. The molecule has 33 heavy (non-hydrogen) atoms. The topological polar surface area (TPSA) is 80.1 Å². The van der Waals surface area contributed by atoms with Gasteiger partial charge in [0.15, 0.2) is 10.9 Å². The average molecular weight is 464 g/mol. The minimum absolute atomic E-state index is 0.0371. The van der Waals surface area contributed by atoms with Crippen molar-refractivity contribution in [2.45, 2.75) is 50.4 Å². The predicted octanol–water partition coefficient (Wildman–Crippen LogP) is 4.89. The van der Waals surface area contributed by atoms with Crippen LogP contribution in [0.3, 0.4) is 0 Å². The number of piperidine rings is 1. The molecule has 0 bridgehead atoms. The molecule has 1 aromatic heterocycles. The van der Waals surface area contributed by atoms with Crippen LogP contribution < -0.4 is 10.2 Å². The van der Waals surface area contributed by atoms with Crippen LogP contribution in [0.5, 0.6) is 0 Å². The molecule has 172 valence electrons. The lowest BCUT2D eigenvalue weighted by atomic mass is 10.1. The molecule has 1 unspecified atom stereocenters. The van der Waals surface area contributed by atoms with Crippen molar-refractivity contribution in [1.29, 1.82) is 0 Å². The summed E-state index contributed by atoms with van der Waals surface area (Å²) in [6.07, 6.45) is 3.52. The first-order valence-corrected chi connectivity index (χ1v) is 12.2. The van der Waals surface area contributed by atoms with Gasteiger partial charge in [-0.25, -0.2) is 0 Å². The number of hydrogen-bond donors (Lipinski definition) is 1. The fraction of sp³-hybridized carbons (Fsp3) is 0.360. The van der Waals surface area contributed by atoms with E-state index < -0.39 is 5.25 Å². The van der Waals surface area contributed by atoms with Gasteiger partial charge in [0.05, 0.1) is 10.9 Å². The maximum Gasteiger partial charge on any atom is 0.237 e. The maximum atomic E-state index is 12.9. The van der Waals surface area contributed by atoms with Crippen LogP contribution in [0.4, 0.5) is 11.6 Å². The smallest absolute Gasteiger partial charge is 0.237 e. The second-order valence-electron chi connectivity index (χ2n) is 8.39. The zero-order chi connectivity index (χ0) is 23.4. The van der Waals surface area contributed by atoms with Crippen molar-refractivity contribution in [3.05, 3.63) is 59.7 Å². The van der Waals surface area contributed by atoms with E-state index in [4.69, 9.17) is 0 Å². The number of benzene rings is 2. The molecule has 0 spiro atoms. The summed E-state index contributed by atoms with van der Waals surface area (Å²) in [5.41, 5.74) is 3.34. The fourth-order valence-electron chi connectivity index (χ4n) is 3.83. The van der Waals surface area contributed by atoms with E-state index in [-0.39, 0.29) is 11.7 Å². The van der Waals surface area contributed by atoms with Crippen LogP contribution in [0.25, 0.3) is 5.69 Å². The molecule has 1 fully saturated rings. The Morgan fingerprint density at radius 2 is 1.76 bits per heavy atom. The van der Waals surface area contributed by atoms with E-state index in [2.05, 4.69) is 56.2 Å². The van der Waals surface area contributed by atoms with Crippen molar-refractivity contribution >= 4 is 35.1 Å². The Bertz CT molecular complexity index is 1140. The van der Waals surface area contributed by atoms with Crippen LogP contribution >= 0.6 is 11.8 Å². The summed E-state index contributed by atoms with van der Waals surface area (Å²) in [6, 6.07) is 15.3. The van der Waals surface area contributed by atoms with E-state index in [0.717, 1.165) is 37.6 Å². The molecule has 2 heterocycles. The molecule has 7 nitrogen and oxygen atoms in total. The van der Waals surface area contributed by atoms with Crippen molar-refractivity contribution in [2.24, 2.45) is 0 Å². The number of nitrogens with zero attached hydrogens (tertiary/aromatic N) is 4. The Hall–Kier alpha value is -3.13. The van der Waals surface area contributed by atoms with Gasteiger partial charge in [-0.2, -0.15) is 0 Å². The van der Waals surface area contributed by atoms with E-state index >= 15 is 0 Å². The van der Waals surface area contributed by atoms with Crippen LogP contribution in [0.1, 0.15) is 49.0 Å². The molecular formula is C25H29N5O2S. The first-order chi connectivity index (χ1) is 15.9. The van der Waals surface area contributed by atoms with Gasteiger partial charge in [0.2, 0.25) is 11.9 Å². The minimum Gasteiger partial charge on any atom is -0.341 e. The summed E-state index contributed by atoms with van der Waals surface area (Å²) in [7, 11) is 0. The van der Waals surface area contributed by atoms with Gasteiger partial charge in [0.1, 0.15) is 0 Å². The number of hydrogen-bond acceptors (Lipinski definition) is 6. The lowest BCUT2D eigenvalue weighted by Crippen LogP contribution is -2.31. The first-order valence-electron chi connectivity index (χ1n) is 11.3. The fourth-order valence-corrected chi connectivity index (χ4v) is 4.69. The van der Waals surface area contributed by atoms with Crippen molar-refractivity contribution in [2.75, 3.05) is 23.3 Å². The van der Waals surface area contributed by atoms with Crippen molar-refractivity contribution in [1.82, 2.24) is 14.8 Å². The third-order valence-electron chi connectivity index (χ3n) is 5.74. The maximum absolute atomic E-state index is 12.9. The predicted molar refractivity (Wildman–Crippen MR) is 133 cm³/mol. The Morgan fingerprint density at radius 1 is 1.03 bits per heavy atom. The van der Waals surface area contributed by atoms with Crippen LogP contribution in [0, 0.1) is 6.92 Å². The van der Waals surface area contributed by atoms with E-state index in [0.29, 0.717) is 16.4 Å². The van der Waals surface area contributed by atoms with Crippen LogP contribution in [0.2, 0.25) is 0 Å². The number of amides is 1. The highest BCUT2D eigenvalue weighted by atomic mass is 32.2. The molecule has 3 aromatic rings. The minimum atomic E-state index is -0.409. The number of carbonyl (C=O) groups excluding carboxylic acids is 2. The van der Waals surface area contributed by atoms with Gasteiger partial charge in [-0.1, -0.05) is 41.6 Å². The molecule has 4 rings (SSSR count). The van der Waals surface area contributed by atoms with Crippen molar-refractivity contribution < 1.29 is 9.59 Å². The largest absolute Gasteiger partial charge is 0.341 e. The Balaban J connectivity index is 1.57. The number of ketones is 1. The molecule has 1 amide bonds. The molecule has 0 aliphatic carbocycles. The number of carbonyl (C=O) groups is 2. The monoisotopic (exact) mass is 463 g/mol. The SMILES string of the molecule is CC(=O)c1cccc(NC(=O)C(C)Sc2nnc(N3CCCCC3)n2-c2ccc(C)cc2)c1. The quantitative estimate of drug-likeness (QED) is 0.397. The molecule has 8 heteroatoms. The summed E-state index contributed by atoms with van der Waals surface area (Å²) in [5, 5.41) is 12.2. The number of aromatic nitrogens is 3. The van der Waals surface area contributed by atoms with Gasteiger partial charge >= 0.3 is 0 Å². The van der Waals surface area contributed by atoms with Gasteiger partial charge < -0.3 is 10.2 Å². The number of thioether (sulfide) groups is 1. The van der Waals surface area contributed by atoms with Gasteiger partial charge in [0.25, 0.3) is 0 Å². The molecule has 1 saturated heterocycles. The molecular weight excluding hydrogens is 434 g/mol. The number of Topliss-reactive ketones (excluding diaryl/α,β-unsaturated/α-hetero) is 1. The Morgan fingerprint density at radius 3 is 2.45 bits per heavy atom. The van der Waals surface area contributed by atoms with Gasteiger partial charge in [-0.15, -0.1) is 10.2 Å². The summed E-state index contributed by atoms with van der Waals surface area (Å²) in [4.78, 5) is 26.8. The molecule has 0 radical (unpaired) electrons. The Kier molecular flexibility index (Phi) is 7.13. The van der Waals surface area contributed by atoms with Crippen LogP contribution in [-0.4, -0.2) is 44.8 Å². The number of nitrogens with one attached hydrogen (secondary N) is 1. The normalized spacial score (nSPS) is 14.7. The number of rotatable bonds is 7. The molecule has 1 aliphatic rings. The zero-order valence-electron chi connectivity index (χ0n) is 19.2. The van der Waals surface area contributed by atoms with Crippen LogP contribution in [-0.2, 0) is 4.79 Å². The molecule has 2 aromatic carbocycles. The second kappa shape index (κ2) is 10.2. The Labute approximate surface area is 198 Å². The lowest BCUT2D eigenvalue weighted by molar-refractivity contribution is -0.115. The first kappa shape index (κ1) is 23.0. The lowest BCUT2D eigenvalue weighted by Gasteiger charge is -2.28. The summed E-state index contributed by atoms with van der Waals surface area (Å²) in [6.45, 7) is 7.33. The highest BCUT2D eigenvalue weighted by Gasteiger charge is 2.25. The van der Waals surface area contributed by atoms with Crippen LogP contribution in [0.15, 0.2) is 53.7 Å². The molecule has 1 atom stereocenters. The van der Waals surface area contributed by atoms with E-state index in [9.17, 15) is 9.59 Å². The van der Waals surface area contributed by atoms with Crippen molar-refractivity contribution in [3.63, 3.8) is 0 Å². The standard InChI is InChI=1S/C25H29N5O2S/c1-17-10-12-22(13-11-17)30-24(29-14-5-4-6-15-29)27-28-25(30)33-19(3)23(32)26-21-9-7-8-20(16-21)18(2)31/h7-13,16,19H,4-6,14-15H2,1-3H3,(H,26,32). The number of anilines is 2. The molecule has 0 saturated carbocycles. The molecule has 1 aliphatic heterocycles. The highest BCUT2D eigenvalue weighted by molar-refractivity contribution is 8.00. The van der Waals surface area contributed by atoms with E-state index in [1.54, 1.807) is 24.3 Å². The van der Waals surface area contributed by atoms with Gasteiger partial charge in [0, 0.05) is 24.3 Å². The van der Waals surface area contributed by atoms with E-state index in [1.165, 1.54) is 30.7 Å². The third-order valence-corrected chi connectivity index (χ3v) is 6.78. The zero-order valence-corrected chi connectivity index (χ0v) is 20.1. The van der Waals surface area contributed by atoms with Crippen molar-refractivity contribution in [3.8, 4) is 5.69 Å². The highest BCUT2D eigenvalue weighted by Crippen LogP contribution is 2.31. The van der Waals surface area contributed by atoms with Gasteiger partial charge in [-0.05, 0) is 64.3 Å². The average Bonchev–Trinajstić information content (AvgIpc) is 3.23.